The Hall–Kier alpha value is -0.810. The third-order valence-electron chi connectivity index (χ3n) is 3.38. The van der Waals surface area contributed by atoms with Crippen LogP contribution in [0.3, 0.4) is 0 Å². The van der Waals surface area contributed by atoms with Gasteiger partial charge in [0.2, 0.25) is 0 Å². The van der Waals surface area contributed by atoms with Crippen LogP contribution in [0.15, 0.2) is 16.7 Å². The minimum atomic E-state index is 0.0521. The van der Waals surface area contributed by atoms with Crippen LogP contribution in [0.25, 0.3) is 0 Å². The number of aromatic nitrogens is 1. The summed E-state index contributed by atoms with van der Waals surface area (Å²) in [7, 11) is 0. The normalized spacial score (nSPS) is 23.9. The van der Waals surface area contributed by atoms with Crippen molar-refractivity contribution in [3.05, 3.63) is 22.4 Å². The molecule has 1 saturated carbocycles. The molecule has 2 aliphatic rings. The summed E-state index contributed by atoms with van der Waals surface area (Å²) in [5, 5.41) is 6.34. The smallest absolute Gasteiger partial charge is 0.268 e. The van der Waals surface area contributed by atoms with E-state index in [1.54, 1.807) is 0 Å². The highest BCUT2D eigenvalue weighted by Crippen LogP contribution is 2.37. The van der Waals surface area contributed by atoms with Crippen LogP contribution >= 0.6 is 15.9 Å². The highest BCUT2D eigenvalue weighted by molar-refractivity contribution is 9.10. The van der Waals surface area contributed by atoms with Crippen LogP contribution in [-0.2, 0) is 0 Å². The summed E-state index contributed by atoms with van der Waals surface area (Å²) in [6, 6.07) is 2.73. The molecule has 5 heteroatoms. The van der Waals surface area contributed by atoms with Crippen molar-refractivity contribution in [2.24, 2.45) is 0 Å². The first-order valence-corrected chi connectivity index (χ1v) is 6.92. The minimum Gasteiger partial charge on any atom is -0.347 e. The Bertz CT molecular complexity index is 433. The van der Waals surface area contributed by atoms with Crippen molar-refractivity contribution in [1.29, 1.82) is 0 Å². The Balaban J connectivity index is 1.75. The molecule has 2 N–H and O–H groups in total. The van der Waals surface area contributed by atoms with Crippen LogP contribution in [0.1, 0.15) is 35.8 Å². The van der Waals surface area contributed by atoms with Crippen LogP contribution in [0, 0.1) is 0 Å². The molecule has 2 heterocycles. The fourth-order valence-electron chi connectivity index (χ4n) is 2.32. The van der Waals surface area contributed by atoms with Gasteiger partial charge in [-0.1, -0.05) is 0 Å². The molecule has 17 heavy (non-hydrogen) atoms. The van der Waals surface area contributed by atoms with Gasteiger partial charge in [0.05, 0.1) is 0 Å². The van der Waals surface area contributed by atoms with E-state index in [-0.39, 0.29) is 11.9 Å². The Labute approximate surface area is 109 Å². The zero-order valence-corrected chi connectivity index (χ0v) is 11.2. The van der Waals surface area contributed by atoms with E-state index in [1.165, 1.54) is 12.8 Å². The number of hydrogen-bond acceptors (Lipinski definition) is 2. The molecular formula is C12H16BrN3O. The highest BCUT2D eigenvalue weighted by atomic mass is 79.9. The zero-order valence-electron chi connectivity index (χ0n) is 9.58. The van der Waals surface area contributed by atoms with E-state index in [2.05, 4.69) is 31.1 Å². The van der Waals surface area contributed by atoms with Crippen molar-refractivity contribution in [3.63, 3.8) is 0 Å². The first-order valence-electron chi connectivity index (χ1n) is 6.13. The fourth-order valence-corrected chi connectivity index (χ4v) is 2.76. The topological polar surface area (TPSA) is 46.1 Å². The maximum absolute atomic E-state index is 12.2. The number of carbonyl (C=O) groups is 1. The molecule has 2 fully saturated rings. The van der Waals surface area contributed by atoms with Crippen molar-refractivity contribution < 1.29 is 4.79 Å². The van der Waals surface area contributed by atoms with Gasteiger partial charge in [0, 0.05) is 29.3 Å². The van der Waals surface area contributed by atoms with Gasteiger partial charge < -0.3 is 15.2 Å². The minimum absolute atomic E-state index is 0.0521. The number of hydrogen-bond donors (Lipinski definition) is 2. The fraction of sp³-hybridized carbons (Fsp3) is 0.583. The molecule has 1 aromatic heterocycles. The molecule has 1 saturated heterocycles. The summed E-state index contributed by atoms with van der Waals surface area (Å²) >= 11 is 3.45. The van der Waals surface area contributed by atoms with E-state index in [4.69, 9.17) is 0 Å². The largest absolute Gasteiger partial charge is 0.347 e. The van der Waals surface area contributed by atoms with Crippen molar-refractivity contribution >= 4 is 21.8 Å². The molecule has 0 aromatic carbocycles. The molecule has 0 unspecified atom stereocenters. The Morgan fingerprint density at radius 3 is 2.94 bits per heavy atom. The second-order valence-corrected chi connectivity index (χ2v) is 5.76. The summed E-state index contributed by atoms with van der Waals surface area (Å²) in [6.45, 7) is 1.88. The van der Waals surface area contributed by atoms with Gasteiger partial charge in [0.25, 0.3) is 5.91 Å². The first kappa shape index (κ1) is 11.3. The average molecular weight is 298 g/mol. The Kier molecular flexibility index (Phi) is 2.96. The molecule has 0 radical (unpaired) electrons. The van der Waals surface area contributed by atoms with E-state index in [0.717, 1.165) is 29.7 Å². The van der Waals surface area contributed by atoms with Crippen LogP contribution in [0.4, 0.5) is 0 Å². The summed E-state index contributed by atoms with van der Waals surface area (Å²) in [5.74, 6) is 0.0521. The first-order chi connectivity index (χ1) is 8.24. The summed E-state index contributed by atoms with van der Waals surface area (Å²) in [6.07, 6.45) is 5.41. The number of nitrogens with one attached hydrogen (secondary N) is 2. The molecule has 1 aliphatic carbocycles. The molecule has 0 spiro atoms. The quantitative estimate of drug-likeness (QED) is 0.892. The predicted octanol–water partition coefficient (Wildman–Crippen LogP) is 1.68. The molecule has 1 amide bonds. The number of rotatable bonds is 3. The zero-order chi connectivity index (χ0) is 11.8. The monoisotopic (exact) mass is 297 g/mol. The number of halogens is 1. The molecule has 4 nitrogen and oxygen atoms in total. The van der Waals surface area contributed by atoms with Crippen molar-refractivity contribution in [1.82, 2.24) is 15.2 Å². The number of nitrogens with zero attached hydrogens (tertiary/aromatic N) is 1. The summed E-state index contributed by atoms with van der Waals surface area (Å²) in [4.78, 5) is 12.2. The van der Waals surface area contributed by atoms with Crippen molar-refractivity contribution in [2.45, 2.75) is 31.3 Å². The summed E-state index contributed by atoms with van der Waals surface area (Å²) < 4.78 is 3.08. The van der Waals surface area contributed by atoms with Crippen molar-refractivity contribution in [2.75, 3.05) is 13.1 Å². The lowest BCUT2D eigenvalue weighted by molar-refractivity contribution is 0.0930. The lowest BCUT2D eigenvalue weighted by Crippen LogP contribution is -2.37. The van der Waals surface area contributed by atoms with E-state index in [0.29, 0.717) is 6.04 Å². The van der Waals surface area contributed by atoms with Gasteiger partial charge in [-0.2, -0.15) is 0 Å². The third kappa shape index (κ3) is 2.40. The van der Waals surface area contributed by atoms with Crippen LogP contribution in [0.2, 0.25) is 0 Å². The molecule has 1 aromatic rings. The SMILES string of the molecule is O=C(N[C@@H]1CCNC1)c1cc(Br)cn1C1CC1. The molecule has 1 atom stereocenters. The second-order valence-electron chi connectivity index (χ2n) is 4.85. The van der Waals surface area contributed by atoms with E-state index >= 15 is 0 Å². The lowest BCUT2D eigenvalue weighted by atomic mass is 10.2. The average Bonchev–Trinajstić information content (AvgIpc) is 2.88. The Morgan fingerprint density at radius 2 is 2.29 bits per heavy atom. The van der Waals surface area contributed by atoms with Gasteiger partial charge in [-0.05, 0) is 47.8 Å². The molecule has 3 rings (SSSR count). The number of carbonyl (C=O) groups excluding carboxylic acids is 1. The van der Waals surface area contributed by atoms with Crippen molar-refractivity contribution in [3.8, 4) is 0 Å². The second kappa shape index (κ2) is 4.46. The van der Waals surface area contributed by atoms with E-state index < -0.39 is 0 Å². The standard InChI is InChI=1S/C12H16BrN3O/c13-8-5-11(16(7-8)10-1-2-10)12(17)15-9-3-4-14-6-9/h5,7,9-10,14H,1-4,6H2,(H,15,17)/t9-/m1/s1. The molecule has 0 bridgehead atoms. The maximum Gasteiger partial charge on any atom is 0.268 e. The van der Waals surface area contributed by atoms with E-state index in [9.17, 15) is 4.79 Å². The maximum atomic E-state index is 12.2. The van der Waals surface area contributed by atoms with Gasteiger partial charge in [-0.15, -0.1) is 0 Å². The van der Waals surface area contributed by atoms with Gasteiger partial charge in [-0.3, -0.25) is 4.79 Å². The van der Waals surface area contributed by atoms with E-state index in [1.807, 2.05) is 12.3 Å². The van der Waals surface area contributed by atoms with Gasteiger partial charge >= 0.3 is 0 Å². The van der Waals surface area contributed by atoms with Gasteiger partial charge in [0.1, 0.15) is 5.69 Å². The molecule has 1 aliphatic heterocycles. The van der Waals surface area contributed by atoms with Crippen LogP contribution in [0.5, 0.6) is 0 Å². The predicted molar refractivity (Wildman–Crippen MR) is 69.1 cm³/mol. The molecular weight excluding hydrogens is 282 g/mol. The highest BCUT2D eigenvalue weighted by Gasteiger charge is 2.28. The van der Waals surface area contributed by atoms with Gasteiger partial charge in [0.15, 0.2) is 0 Å². The number of amides is 1. The van der Waals surface area contributed by atoms with Crippen LogP contribution in [-0.4, -0.2) is 29.6 Å². The third-order valence-corrected chi connectivity index (χ3v) is 3.82. The molecule has 92 valence electrons. The Morgan fingerprint density at radius 1 is 1.47 bits per heavy atom. The lowest BCUT2D eigenvalue weighted by Gasteiger charge is -2.12. The summed E-state index contributed by atoms with van der Waals surface area (Å²) in [5.41, 5.74) is 0.784. The van der Waals surface area contributed by atoms with Gasteiger partial charge in [-0.25, -0.2) is 0 Å². The van der Waals surface area contributed by atoms with Crippen LogP contribution < -0.4 is 10.6 Å².